The molecule has 2 aromatic carbocycles. The van der Waals surface area contributed by atoms with Crippen LogP contribution in [-0.2, 0) is 7.05 Å². The van der Waals surface area contributed by atoms with Crippen molar-refractivity contribution in [1.29, 1.82) is 0 Å². The molecular weight excluding hydrogens is 537 g/mol. The number of benzene rings is 2. The van der Waals surface area contributed by atoms with Gasteiger partial charge in [-0.25, -0.2) is 19.7 Å². The SMILES string of the molecule is Cn1c(Nc2c(Cl)cccc2Cl)nc2ccc3nc(-c4csc(C5CCCN5C(=O)O)n4)[nH]c(=O)c3c21. The van der Waals surface area contributed by atoms with Crippen molar-refractivity contribution in [3.8, 4) is 11.5 Å². The van der Waals surface area contributed by atoms with Crippen LogP contribution in [0.5, 0.6) is 0 Å². The Kier molecular flexibility index (Phi) is 5.78. The van der Waals surface area contributed by atoms with E-state index in [1.54, 1.807) is 47.3 Å². The van der Waals surface area contributed by atoms with Gasteiger partial charge in [0.15, 0.2) is 5.82 Å². The normalized spacial score (nSPS) is 15.6. The second-order valence-electron chi connectivity index (χ2n) is 8.66. The Balaban J connectivity index is 1.41. The quantitative estimate of drug-likeness (QED) is 0.255. The fourth-order valence-corrected chi connectivity index (χ4v) is 6.14. The highest BCUT2D eigenvalue weighted by Crippen LogP contribution is 2.36. The van der Waals surface area contributed by atoms with Gasteiger partial charge >= 0.3 is 6.09 Å². The van der Waals surface area contributed by atoms with Crippen molar-refractivity contribution in [3.63, 3.8) is 0 Å². The maximum absolute atomic E-state index is 13.3. The third-order valence-electron chi connectivity index (χ3n) is 6.45. The number of likely N-dealkylation sites (tertiary alicyclic amines) is 1. The summed E-state index contributed by atoms with van der Waals surface area (Å²) in [5.41, 5.74) is 2.37. The molecule has 1 atom stereocenters. The van der Waals surface area contributed by atoms with Gasteiger partial charge in [0.1, 0.15) is 10.7 Å². The number of amides is 1. The predicted octanol–water partition coefficient (Wildman–Crippen LogP) is 5.80. The maximum Gasteiger partial charge on any atom is 0.407 e. The lowest BCUT2D eigenvalue weighted by Gasteiger charge is -2.18. The summed E-state index contributed by atoms with van der Waals surface area (Å²) < 4.78 is 1.76. The molecule has 3 aromatic heterocycles. The number of carboxylic acid groups (broad SMARTS) is 1. The minimum absolute atomic E-state index is 0.282. The second-order valence-corrected chi connectivity index (χ2v) is 10.4. The number of hydrogen-bond acceptors (Lipinski definition) is 7. The number of thiazole rings is 1. The van der Waals surface area contributed by atoms with Crippen LogP contribution < -0.4 is 10.9 Å². The highest BCUT2D eigenvalue weighted by atomic mass is 35.5. The summed E-state index contributed by atoms with van der Waals surface area (Å²) in [6.45, 7) is 0.486. The minimum Gasteiger partial charge on any atom is -0.465 e. The third kappa shape index (κ3) is 3.99. The van der Waals surface area contributed by atoms with Gasteiger partial charge in [0.05, 0.1) is 43.7 Å². The van der Waals surface area contributed by atoms with Gasteiger partial charge in [0.2, 0.25) is 5.95 Å². The third-order valence-corrected chi connectivity index (χ3v) is 8.03. The smallest absolute Gasteiger partial charge is 0.407 e. The first kappa shape index (κ1) is 23.7. The molecule has 13 heteroatoms. The standard InChI is InChI=1S/C24H19Cl2N7O3S/c1-32-19-14(29-23(32)30-18-11(25)4-2-5-12(18)26)8-7-13-17(19)21(34)31-20(27-13)15-10-37-22(28-15)16-6-3-9-33(16)24(35)36/h2,4-5,7-8,10,16H,3,6,9H2,1H3,(H,29,30)(H,35,36)(H,27,31,34). The highest BCUT2D eigenvalue weighted by molar-refractivity contribution is 7.10. The molecule has 0 aliphatic carbocycles. The minimum atomic E-state index is -0.956. The maximum atomic E-state index is 13.3. The molecule has 0 saturated carbocycles. The lowest BCUT2D eigenvalue weighted by atomic mass is 10.2. The summed E-state index contributed by atoms with van der Waals surface area (Å²) >= 11 is 14.0. The molecule has 1 unspecified atom stereocenters. The van der Waals surface area contributed by atoms with Crippen LogP contribution in [0.15, 0.2) is 40.5 Å². The number of anilines is 2. The largest absolute Gasteiger partial charge is 0.465 e. The molecule has 4 heterocycles. The Hall–Kier alpha value is -3.67. The van der Waals surface area contributed by atoms with E-state index in [9.17, 15) is 14.7 Å². The van der Waals surface area contributed by atoms with E-state index in [1.165, 1.54) is 16.2 Å². The van der Waals surface area contributed by atoms with Gasteiger partial charge < -0.3 is 20.0 Å². The molecule has 10 nitrogen and oxygen atoms in total. The van der Waals surface area contributed by atoms with Crippen molar-refractivity contribution >= 4 is 74.2 Å². The molecule has 5 aromatic rings. The monoisotopic (exact) mass is 555 g/mol. The van der Waals surface area contributed by atoms with E-state index in [-0.39, 0.29) is 11.6 Å². The number of rotatable bonds is 4. The van der Waals surface area contributed by atoms with E-state index in [2.05, 4.69) is 25.3 Å². The van der Waals surface area contributed by atoms with Gasteiger partial charge in [-0.1, -0.05) is 29.3 Å². The topological polar surface area (TPSA) is 129 Å². The molecule has 1 saturated heterocycles. The number of nitrogens with one attached hydrogen (secondary N) is 2. The highest BCUT2D eigenvalue weighted by Gasteiger charge is 2.32. The summed E-state index contributed by atoms with van der Waals surface area (Å²) in [7, 11) is 1.79. The molecule has 0 radical (unpaired) electrons. The zero-order valence-corrected chi connectivity index (χ0v) is 21.7. The fourth-order valence-electron chi connectivity index (χ4n) is 4.69. The van der Waals surface area contributed by atoms with Crippen LogP contribution in [0, 0.1) is 0 Å². The fraction of sp³-hybridized carbons (Fsp3) is 0.208. The van der Waals surface area contributed by atoms with Crippen molar-refractivity contribution in [2.45, 2.75) is 18.9 Å². The van der Waals surface area contributed by atoms with Crippen molar-refractivity contribution < 1.29 is 9.90 Å². The van der Waals surface area contributed by atoms with Crippen LogP contribution in [-0.4, -0.2) is 47.1 Å². The Morgan fingerprint density at radius 2 is 1.92 bits per heavy atom. The van der Waals surface area contributed by atoms with Crippen LogP contribution in [0.3, 0.4) is 0 Å². The van der Waals surface area contributed by atoms with Gasteiger partial charge in [0, 0.05) is 19.0 Å². The average molecular weight is 556 g/mol. The number of halogens is 2. The summed E-state index contributed by atoms with van der Waals surface area (Å²) in [6, 6.07) is 8.45. The lowest BCUT2D eigenvalue weighted by Crippen LogP contribution is -2.28. The average Bonchev–Trinajstić information content (AvgIpc) is 3.60. The number of nitrogens with zero attached hydrogens (tertiary/aromatic N) is 5. The number of fused-ring (bicyclic) bond motifs is 3. The number of para-hydroxylation sites is 1. The summed E-state index contributed by atoms with van der Waals surface area (Å²) in [5.74, 6) is 0.784. The molecule has 1 aliphatic rings. The number of aromatic amines is 1. The Morgan fingerprint density at radius 3 is 2.68 bits per heavy atom. The molecule has 1 fully saturated rings. The molecule has 0 spiro atoms. The molecule has 3 N–H and O–H groups in total. The number of imidazole rings is 1. The first-order valence-corrected chi connectivity index (χ1v) is 13.0. The van der Waals surface area contributed by atoms with Crippen LogP contribution >= 0.6 is 34.5 Å². The molecular formula is C24H19Cl2N7O3S. The van der Waals surface area contributed by atoms with Gasteiger partial charge in [-0.15, -0.1) is 11.3 Å². The molecule has 6 rings (SSSR count). The van der Waals surface area contributed by atoms with E-state index in [4.69, 9.17) is 23.2 Å². The molecule has 188 valence electrons. The van der Waals surface area contributed by atoms with Gasteiger partial charge in [0.25, 0.3) is 5.56 Å². The Morgan fingerprint density at radius 1 is 1.16 bits per heavy atom. The number of H-pyrrole nitrogens is 1. The van der Waals surface area contributed by atoms with E-state index in [0.29, 0.717) is 66.7 Å². The van der Waals surface area contributed by atoms with Crippen LogP contribution in [0.25, 0.3) is 33.5 Å². The van der Waals surface area contributed by atoms with Gasteiger partial charge in [-0.05, 0) is 37.1 Å². The zero-order chi connectivity index (χ0) is 25.8. The van der Waals surface area contributed by atoms with E-state index in [0.717, 1.165) is 12.8 Å². The Labute approximate surface area is 223 Å². The summed E-state index contributed by atoms with van der Waals surface area (Å²) in [4.78, 5) is 43.0. The number of aryl methyl sites for hydroxylation is 1. The van der Waals surface area contributed by atoms with Gasteiger partial charge in [-0.2, -0.15) is 0 Å². The predicted molar refractivity (Wildman–Crippen MR) is 144 cm³/mol. The van der Waals surface area contributed by atoms with Crippen LogP contribution in [0.2, 0.25) is 10.0 Å². The Bertz CT molecular complexity index is 1740. The number of hydrogen-bond donors (Lipinski definition) is 3. The summed E-state index contributed by atoms with van der Waals surface area (Å²) in [5, 5.41) is 16.4. The molecule has 1 aliphatic heterocycles. The second kappa shape index (κ2) is 9.02. The number of carbonyl (C=O) groups is 1. The summed E-state index contributed by atoms with van der Waals surface area (Å²) in [6.07, 6.45) is 0.550. The van der Waals surface area contributed by atoms with E-state index >= 15 is 0 Å². The van der Waals surface area contributed by atoms with E-state index in [1.807, 2.05) is 0 Å². The molecule has 1 amide bonds. The zero-order valence-electron chi connectivity index (χ0n) is 19.3. The first-order valence-electron chi connectivity index (χ1n) is 11.4. The molecule has 37 heavy (non-hydrogen) atoms. The van der Waals surface area contributed by atoms with Gasteiger partial charge in [-0.3, -0.25) is 9.69 Å². The number of aromatic nitrogens is 5. The molecule has 0 bridgehead atoms. The van der Waals surface area contributed by atoms with Crippen LogP contribution in [0.4, 0.5) is 16.4 Å². The van der Waals surface area contributed by atoms with Crippen molar-refractivity contribution in [2.75, 3.05) is 11.9 Å². The van der Waals surface area contributed by atoms with Crippen LogP contribution in [0.1, 0.15) is 23.9 Å². The first-order chi connectivity index (χ1) is 17.8. The van der Waals surface area contributed by atoms with Crippen molar-refractivity contribution in [2.24, 2.45) is 7.05 Å². The van der Waals surface area contributed by atoms with Crippen molar-refractivity contribution in [3.05, 3.63) is 61.1 Å². The lowest BCUT2D eigenvalue weighted by molar-refractivity contribution is 0.140. The van der Waals surface area contributed by atoms with Crippen molar-refractivity contribution in [1.82, 2.24) is 29.4 Å². The van der Waals surface area contributed by atoms with E-state index < -0.39 is 6.09 Å².